The van der Waals surface area contributed by atoms with Crippen LogP contribution >= 0.6 is 0 Å². The third-order valence-electron chi connectivity index (χ3n) is 3.06. The lowest BCUT2D eigenvalue weighted by molar-refractivity contribution is 0.111. The molecule has 0 atom stereocenters. The highest BCUT2D eigenvalue weighted by Crippen LogP contribution is 2.32. The van der Waals surface area contributed by atoms with Crippen molar-refractivity contribution in [3.8, 4) is 36.2 Å². The quantitative estimate of drug-likeness (QED) is 0.606. The van der Waals surface area contributed by atoms with Gasteiger partial charge in [-0.15, -0.1) is 12.8 Å². The van der Waals surface area contributed by atoms with E-state index < -0.39 is 0 Å². The van der Waals surface area contributed by atoms with Gasteiger partial charge >= 0.3 is 0 Å². The fourth-order valence-corrected chi connectivity index (χ4v) is 2.15. The Hall–Kier alpha value is -3.24. The normalized spacial score (nSPS) is 9.55. The molecule has 0 radical (unpaired) electrons. The van der Waals surface area contributed by atoms with Crippen molar-refractivity contribution in [2.24, 2.45) is 0 Å². The maximum Gasteiger partial charge on any atom is 0.154 e. The van der Waals surface area contributed by atoms with E-state index in [-0.39, 0.29) is 13.2 Å². The summed E-state index contributed by atoms with van der Waals surface area (Å²) in [6, 6.07) is 6.56. The minimum atomic E-state index is 0.0518. The van der Waals surface area contributed by atoms with Gasteiger partial charge in [-0.3, -0.25) is 9.59 Å². The molecule has 0 N–H and O–H groups in total. The molecule has 0 aromatic heterocycles. The van der Waals surface area contributed by atoms with Gasteiger partial charge in [0, 0.05) is 0 Å². The maximum atomic E-state index is 11.4. The molecule has 22 heavy (non-hydrogen) atoms. The van der Waals surface area contributed by atoms with Crippen LogP contribution in [0, 0.1) is 24.7 Å². The van der Waals surface area contributed by atoms with E-state index in [0.717, 1.165) is 0 Å². The molecule has 0 saturated carbocycles. The lowest BCUT2D eigenvalue weighted by Gasteiger charge is -2.12. The monoisotopic (exact) mass is 292 g/mol. The Labute approximate surface area is 128 Å². The van der Waals surface area contributed by atoms with Crippen LogP contribution in [-0.2, 0) is 0 Å². The molecular formula is C18H12O4. The lowest BCUT2D eigenvalue weighted by atomic mass is 9.99. The van der Waals surface area contributed by atoms with Crippen LogP contribution in [0.4, 0.5) is 0 Å². The number of carbonyl (C=O) groups excluding carboxylic acids is 2. The van der Waals surface area contributed by atoms with Gasteiger partial charge in [-0.05, 0) is 35.0 Å². The maximum absolute atomic E-state index is 11.4. The minimum Gasteiger partial charge on any atom is -0.480 e. The molecular weight excluding hydrogens is 280 g/mol. The topological polar surface area (TPSA) is 52.6 Å². The molecule has 108 valence electrons. The number of hydrogen-bond donors (Lipinski definition) is 0. The second-order valence-electron chi connectivity index (χ2n) is 4.27. The second-order valence-corrected chi connectivity index (χ2v) is 4.27. The molecule has 2 aromatic rings. The average molecular weight is 292 g/mol. The number of ether oxygens (including phenoxy) is 2. The highest BCUT2D eigenvalue weighted by Gasteiger charge is 2.14. The molecule has 0 heterocycles. The van der Waals surface area contributed by atoms with Gasteiger partial charge in [0.15, 0.2) is 12.6 Å². The van der Waals surface area contributed by atoms with Gasteiger partial charge in [0.1, 0.15) is 24.7 Å². The van der Waals surface area contributed by atoms with Gasteiger partial charge in [0.25, 0.3) is 0 Å². The third-order valence-corrected chi connectivity index (χ3v) is 3.06. The lowest BCUT2D eigenvalue weighted by Crippen LogP contribution is -2.01. The first-order valence-electron chi connectivity index (χ1n) is 6.39. The minimum absolute atomic E-state index is 0.0518. The summed E-state index contributed by atoms with van der Waals surface area (Å²) >= 11 is 0. The van der Waals surface area contributed by atoms with Crippen molar-refractivity contribution >= 4 is 23.3 Å². The number of terminal acetylenes is 2. The van der Waals surface area contributed by atoms with Crippen molar-refractivity contribution in [2.75, 3.05) is 13.2 Å². The molecule has 0 amide bonds. The summed E-state index contributed by atoms with van der Waals surface area (Å²) < 4.78 is 10.7. The Morgan fingerprint density at radius 2 is 1.23 bits per heavy atom. The molecule has 0 spiro atoms. The predicted octanol–water partition coefficient (Wildman–Crippen LogP) is 2.49. The van der Waals surface area contributed by atoms with Gasteiger partial charge in [-0.1, -0.05) is 11.8 Å². The number of carbonyl (C=O) groups is 2. The van der Waals surface area contributed by atoms with Crippen LogP contribution < -0.4 is 9.47 Å². The summed E-state index contributed by atoms with van der Waals surface area (Å²) in [5.74, 6) is 5.41. The Bertz CT molecular complexity index is 737. The molecule has 4 nitrogen and oxygen atoms in total. The van der Waals surface area contributed by atoms with Gasteiger partial charge < -0.3 is 9.47 Å². The van der Waals surface area contributed by atoms with Crippen molar-refractivity contribution in [3.05, 3.63) is 35.4 Å². The Kier molecular flexibility index (Phi) is 4.80. The van der Waals surface area contributed by atoms with Crippen LogP contribution in [0.15, 0.2) is 24.3 Å². The molecule has 0 aliphatic rings. The van der Waals surface area contributed by atoms with E-state index in [1.165, 1.54) is 0 Å². The van der Waals surface area contributed by atoms with Crippen molar-refractivity contribution in [2.45, 2.75) is 0 Å². The van der Waals surface area contributed by atoms with Gasteiger partial charge in [-0.2, -0.15) is 0 Å². The largest absolute Gasteiger partial charge is 0.480 e. The highest BCUT2D eigenvalue weighted by atomic mass is 16.5. The molecule has 4 heteroatoms. The Balaban J connectivity index is 2.64. The highest BCUT2D eigenvalue weighted by molar-refractivity contribution is 6.08. The summed E-state index contributed by atoms with van der Waals surface area (Å²) in [5.41, 5.74) is 0.665. The summed E-state index contributed by atoms with van der Waals surface area (Å²) in [5, 5.41) is 1.17. The van der Waals surface area contributed by atoms with Crippen LogP contribution in [0.25, 0.3) is 10.8 Å². The molecule has 0 aliphatic carbocycles. The smallest absolute Gasteiger partial charge is 0.154 e. The van der Waals surface area contributed by atoms with Gasteiger partial charge in [0.2, 0.25) is 0 Å². The van der Waals surface area contributed by atoms with Crippen molar-refractivity contribution in [1.29, 1.82) is 0 Å². The molecule has 2 rings (SSSR count). The molecule has 2 aromatic carbocycles. The average Bonchev–Trinajstić information content (AvgIpc) is 2.56. The SMILES string of the molecule is C#CCOc1ccc2c(C=O)c(OCC#C)ccc2c1C=O. The van der Waals surface area contributed by atoms with E-state index in [9.17, 15) is 9.59 Å². The van der Waals surface area contributed by atoms with Crippen LogP contribution in [0.3, 0.4) is 0 Å². The van der Waals surface area contributed by atoms with Crippen molar-refractivity contribution < 1.29 is 19.1 Å². The second kappa shape index (κ2) is 6.97. The number of hydrogen-bond acceptors (Lipinski definition) is 4. The van der Waals surface area contributed by atoms with E-state index >= 15 is 0 Å². The van der Waals surface area contributed by atoms with E-state index in [2.05, 4.69) is 11.8 Å². The van der Waals surface area contributed by atoms with E-state index in [4.69, 9.17) is 22.3 Å². The van der Waals surface area contributed by atoms with Gasteiger partial charge in [-0.25, -0.2) is 0 Å². The first-order chi connectivity index (χ1) is 10.8. The van der Waals surface area contributed by atoms with E-state index in [1.54, 1.807) is 24.3 Å². The Morgan fingerprint density at radius 1 is 0.818 bits per heavy atom. The summed E-state index contributed by atoms with van der Waals surface area (Å²) in [6.07, 6.45) is 11.6. The standard InChI is InChI=1S/C18H12O4/c1-3-9-21-17-7-5-14-13(15(17)11-19)6-8-18(16(14)12-20)22-10-4-2/h1-2,5-8,11-12H,9-10H2. The number of rotatable bonds is 6. The Morgan fingerprint density at radius 3 is 1.55 bits per heavy atom. The summed E-state index contributed by atoms with van der Waals surface area (Å²) in [6.45, 7) is 0.104. The first kappa shape index (κ1) is 15.2. The molecule has 0 unspecified atom stereocenters. The fourth-order valence-electron chi connectivity index (χ4n) is 2.15. The zero-order valence-electron chi connectivity index (χ0n) is 11.7. The zero-order chi connectivity index (χ0) is 15.9. The predicted molar refractivity (Wildman–Crippen MR) is 83.4 cm³/mol. The summed E-state index contributed by atoms with van der Waals surface area (Å²) in [4.78, 5) is 22.8. The zero-order valence-corrected chi connectivity index (χ0v) is 11.7. The molecule has 0 aliphatic heterocycles. The first-order valence-corrected chi connectivity index (χ1v) is 6.39. The number of benzene rings is 2. The van der Waals surface area contributed by atoms with Crippen LogP contribution in [0.2, 0.25) is 0 Å². The van der Waals surface area contributed by atoms with Crippen LogP contribution in [0.1, 0.15) is 20.7 Å². The fraction of sp³-hybridized carbons (Fsp3) is 0.111. The van der Waals surface area contributed by atoms with Crippen molar-refractivity contribution in [1.82, 2.24) is 0 Å². The molecule has 0 saturated heterocycles. The number of aldehydes is 2. The summed E-state index contributed by atoms with van der Waals surface area (Å²) in [7, 11) is 0. The van der Waals surface area contributed by atoms with Crippen molar-refractivity contribution in [3.63, 3.8) is 0 Å². The third kappa shape index (κ3) is 2.77. The van der Waals surface area contributed by atoms with E-state index in [1.807, 2.05) is 0 Å². The molecule has 0 bridgehead atoms. The van der Waals surface area contributed by atoms with Crippen LogP contribution in [0.5, 0.6) is 11.5 Å². The van der Waals surface area contributed by atoms with Crippen LogP contribution in [-0.4, -0.2) is 25.8 Å². The number of fused-ring (bicyclic) bond motifs is 1. The van der Waals surface area contributed by atoms with Gasteiger partial charge in [0.05, 0.1) is 11.1 Å². The van der Waals surface area contributed by atoms with E-state index in [0.29, 0.717) is 46.0 Å². The molecule has 0 fully saturated rings.